The zero-order valence-corrected chi connectivity index (χ0v) is 23.3. The maximum atomic E-state index is 13.9. The highest BCUT2D eigenvalue weighted by Gasteiger charge is 2.50. The predicted octanol–water partition coefficient (Wildman–Crippen LogP) is 4.98. The van der Waals surface area contributed by atoms with Crippen LogP contribution in [0, 0.1) is 12.7 Å². The maximum absolute atomic E-state index is 13.9. The zero-order chi connectivity index (χ0) is 28.2. The Labute approximate surface area is 236 Å². The van der Waals surface area contributed by atoms with Crippen molar-refractivity contribution in [3.63, 3.8) is 0 Å². The fourth-order valence-electron chi connectivity index (χ4n) is 6.06. The Balaban J connectivity index is 1.36. The molecule has 0 aliphatic carbocycles. The van der Waals surface area contributed by atoms with E-state index in [0.717, 1.165) is 35.0 Å². The molecule has 0 bridgehead atoms. The molecule has 6 heterocycles. The standard InChI is InChI=1S/C30H32FN7O3/c1-4-39-16-30(28-38-37-27(41-28)29(3)12-7-13-40-29)25-19(18-8-5-6-9-21(18)34-25)14-23(36-30)26-32-15-24(35-26)22-11-10-20(31)17(2)33-22/h5-6,8-11,15,23,34,36H,4,7,12-14,16H2,1-3H3,(H,32,35)/t23-,29?,30?/m1/s1. The summed E-state index contributed by atoms with van der Waals surface area (Å²) in [5.41, 5.74) is 3.13. The van der Waals surface area contributed by atoms with E-state index >= 15 is 0 Å². The second-order valence-electron chi connectivity index (χ2n) is 11.0. The molecule has 3 atom stereocenters. The lowest BCUT2D eigenvalue weighted by Gasteiger charge is -2.39. The van der Waals surface area contributed by atoms with Gasteiger partial charge in [-0.05, 0) is 63.8 Å². The van der Waals surface area contributed by atoms with Crippen molar-refractivity contribution in [2.45, 2.75) is 57.2 Å². The molecular formula is C30H32FN7O3. The number of nitrogens with one attached hydrogen (secondary N) is 3. The number of rotatable bonds is 7. The molecule has 41 heavy (non-hydrogen) atoms. The monoisotopic (exact) mass is 557 g/mol. The second kappa shape index (κ2) is 9.86. The van der Waals surface area contributed by atoms with Crippen LogP contribution in [-0.4, -0.2) is 50.0 Å². The predicted molar refractivity (Wildman–Crippen MR) is 149 cm³/mol. The Morgan fingerprint density at radius 2 is 1.98 bits per heavy atom. The number of benzene rings is 1. The fourth-order valence-corrected chi connectivity index (χ4v) is 6.06. The van der Waals surface area contributed by atoms with Crippen molar-refractivity contribution >= 4 is 10.9 Å². The number of hydrogen-bond acceptors (Lipinski definition) is 8. The van der Waals surface area contributed by atoms with E-state index < -0.39 is 11.1 Å². The van der Waals surface area contributed by atoms with Crippen molar-refractivity contribution in [3.8, 4) is 11.4 Å². The largest absolute Gasteiger partial charge is 0.420 e. The van der Waals surface area contributed by atoms with Gasteiger partial charge in [-0.2, -0.15) is 0 Å². The Morgan fingerprint density at radius 3 is 2.78 bits per heavy atom. The van der Waals surface area contributed by atoms with E-state index in [0.29, 0.717) is 54.3 Å². The van der Waals surface area contributed by atoms with Crippen LogP contribution in [0.1, 0.15) is 67.3 Å². The van der Waals surface area contributed by atoms with Crippen LogP contribution < -0.4 is 5.32 Å². The molecule has 7 rings (SSSR count). The molecule has 2 unspecified atom stereocenters. The molecule has 0 amide bonds. The quantitative estimate of drug-likeness (QED) is 0.256. The van der Waals surface area contributed by atoms with Crippen LogP contribution in [0.5, 0.6) is 0 Å². The lowest BCUT2D eigenvalue weighted by Crippen LogP contribution is -2.53. The van der Waals surface area contributed by atoms with Crippen molar-refractivity contribution in [1.82, 2.24) is 35.5 Å². The molecule has 1 aromatic carbocycles. The average Bonchev–Trinajstić information content (AvgIpc) is 3.79. The summed E-state index contributed by atoms with van der Waals surface area (Å²) in [6, 6.07) is 11.0. The third kappa shape index (κ3) is 4.27. The Kier molecular flexibility index (Phi) is 6.25. The van der Waals surface area contributed by atoms with Crippen molar-refractivity contribution in [2.75, 3.05) is 19.8 Å². The molecule has 0 saturated carbocycles. The molecule has 1 fully saturated rings. The molecule has 10 nitrogen and oxygen atoms in total. The minimum atomic E-state index is -0.981. The number of pyridine rings is 1. The van der Waals surface area contributed by atoms with E-state index in [1.54, 1.807) is 19.2 Å². The third-order valence-corrected chi connectivity index (χ3v) is 8.28. The van der Waals surface area contributed by atoms with E-state index in [1.807, 2.05) is 26.0 Å². The minimum absolute atomic E-state index is 0.255. The Bertz CT molecular complexity index is 1720. The first-order valence-corrected chi connectivity index (χ1v) is 14.0. The summed E-state index contributed by atoms with van der Waals surface area (Å²) >= 11 is 0. The van der Waals surface area contributed by atoms with Gasteiger partial charge in [-0.1, -0.05) is 18.2 Å². The van der Waals surface area contributed by atoms with Crippen LogP contribution in [0.25, 0.3) is 22.3 Å². The van der Waals surface area contributed by atoms with Gasteiger partial charge in [0, 0.05) is 24.1 Å². The van der Waals surface area contributed by atoms with Crippen LogP contribution >= 0.6 is 0 Å². The molecule has 0 spiro atoms. The number of aryl methyl sites for hydroxylation is 1. The van der Waals surface area contributed by atoms with Gasteiger partial charge in [-0.3, -0.25) is 5.32 Å². The van der Waals surface area contributed by atoms with Crippen LogP contribution in [0.3, 0.4) is 0 Å². The number of aromatic amines is 2. The van der Waals surface area contributed by atoms with Crippen molar-refractivity contribution in [1.29, 1.82) is 0 Å². The van der Waals surface area contributed by atoms with Gasteiger partial charge >= 0.3 is 0 Å². The van der Waals surface area contributed by atoms with E-state index in [9.17, 15) is 4.39 Å². The summed E-state index contributed by atoms with van der Waals surface area (Å²) in [5, 5.41) is 14.0. The number of nitrogens with zero attached hydrogens (tertiary/aromatic N) is 4. The van der Waals surface area contributed by atoms with E-state index in [2.05, 4.69) is 42.6 Å². The SMILES string of the molecule is CCOCC1(c2nnc(C3(C)CCCO3)o2)N[C@@H](c2ncc(-c3ccc(F)c(C)n3)[nH]2)Cc2c1[nH]c1ccccc21. The Hall–Kier alpha value is -3.93. The maximum Gasteiger partial charge on any atom is 0.248 e. The summed E-state index contributed by atoms with van der Waals surface area (Å²) in [6.45, 7) is 7.03. The first kappa shape index (κ1) is 26.0. The van der Waals surface area contributed by atoms with E-state index in [-0.39, 0.29) is 18.5 Å². The van der Waals surface area contributed by atoms with Crippen LogP contribution in [0.2, 0.25) is 0 Å². The summed E-state index contributed by atoms with van der Waals surface area (Å²) < 4.78 is 32.5. The van der Waals surface area contributed by atoms with E-state index in [1.165, 1.54) is 6.07 Å². The number of halogens is 1. The number of para-hydroxylation sites is 1. The molecular weight excluding hydrogens is 525 g/mol. The van der Waals surface area contributed by atoms with Crippen LogP contribution in [0.15, 0.2) is 47.0 Å². The first-order chi connectivity index (χ1) is 19.9. The third-order valence-electron chi connectivity index (χ3n) is 8.28. The highest BCUT2D eigenvalue weighted by atomic mass is 19.1. The summed E-state index contributed by atoms with van der Waals surface area (Å²) in [4.78, 5) is 16.2. The minimum Gasteiger partial charge on any atom is -0.420 e. The van der Waals surface area contributed by atoms with Gasteiger partial charge in [0.2, 0.25) is 11.8 Å². The van der Waals surface area contributed by atoms with Gasteiger partial charge < -0.3 is 23.9 Å². The lowest BCUT2D eigenvalue weighted by atomic mass is 9.83. The van der Waals surface area contributed by atoms with Crippen LogP contribution in [-0.2, 0) is 27.0 Å². The molecule has 11 heteroatoms. The zero-order valence-electron chi connectivity index (χ0n) is 23.3. The molecule has 0 radical (unpaired) electrons. The van der Waals surface area contributed by atoms with Gasteiger partial charge in [0.15, 0.2) is 5.54 Å². The van der Waals surface area contributed by atoms with Crippen molar-refractivity contribution in [3.05, 3.63) is 83.0 Å². The second-order valence-corrected chi connectivity index (χ2v) is 11.0. The normalized spacial score (nSPS) is 24.2. The summed E-state index contributed by atoms with van der Waals surface area (Å²) in [5.74, 6) is 1.23. The highest BCUT2D eigenvalue weighted by molar-refractivity contribution is 5.85. The molecule has 5 aromatic rings. The fraction of sp³-hybridized carbons (Fsp3) is 0.400. The van der Waals surface area contributed by atoms with Crippen LogP contribution in [0.4, 0.5) is 4.39 Å². The number of ether oxygens (including phenoxy) is 2. The van der Waals surface area contributed by atoms with Gasteiger partial charge in [0.25, 0.3) is 0 Å². The number of hydrogen-bond donors (Lipinski definition) is 3. The molecule has 3 N–H and O–H groups in total. The topological polar surface area (TPSA) is 127 Å². The smallest absolute Gasteiger partial charge is 0.248 e. The number of fused-ring (bicyclic) bond motifs is 3. The summed E-state index contributed by atoms with van der Waals surface area (Å²) in [7, 11) is 0. The van der Waals surface area contributed by atoms with Gasteiger partial charge in [0.05, 0.1) is 41.6 Å². The number of imidazole rings is 1. The van der Waals surface area contributed by atoms with Crippen molar-refractivity contribution in [2.24, 2.45) is 0 Å². The molecule has 4 aromatic heterocycles. The molecule has 2 aliphatic heterocycles. The van der Waals surface area contributed by atoms with Gasteiger partial charge in [-0.15, -0.1) is 10.2 Å². The number of aromatic nitrogens is 6. The molecule has 2 aliphatic rings. The lowest BCUT2D eigenvalue weighted by molar-refractivity contribution is -0.00882. The average molecular weight is 558 g/mol. The van der Waals surface area contributed by atoms with E-state index in [4.69, 9.17) is 18.9 Å². The highest BCUT2D eigenvalue weighted by Crippen LogP contribution is 2.44. The summed E-state index contributed by atoms with van der Waals surface area (Å²) in [6.07, 6.45) is 4.13. The number of H-pyrrole nitrogens is 2. The van der Waals surface area contributed by atoms with Gasteiger partial charge in [0.1, 0.15) is 17.2 Å². The van der Waals surface area contributed by atoms with Crippen molar-refractivity contribution < 1.29 is 18.3 Å². The molecule has 1 saturated heterocycles. The van der Waals surface area contributed by atoms with Gasteiger partial charge in [-0.25, -0.2) is 14.4 Å². The Morgan fingerprint density at radius 1 is 1.12 bits per heavy atom. The molecule has 212 valence electrons. The first-order valence-electron chi connectivity index (χ1n) is 14.0.